The summed E-state index contributed by atoms with van der Waals surface area (Å²) >= 11 is 0. The molecule has 0 atom stereocenters. The molecular formula is C25H22N6O3. The van der Waals surface area contributed by atoms with Gasteiger partial charge in [-0.3, -0.25) is 9.89 Å². The molecule has 1 N–H and O–H groups in total. The summed E-state index contributed by atoms with van der Waals surface area (Å²) in [5, 5.41) is 17.0. The first-order valence-corrected chi connectivity index (χ1v) is 10.9. The summed E-state index contributed by atoms with van der Waals surface area (Å²) < 4.78 is 11.3. The van der Waals surface area contributed by atoms with E-state index in [1.165, 1.54) is 0 Å². The summed E-state index contributed by atoms with van der Waals surface area (Å²) in [5.41, 5.74) is 3.98. The Bertz CT molecular complexity index is 1420. The van der Waals surface area contributed by atoms with Gasteiger partial charge < -0.3 is 14.4 Å². The summed E-state index contributed by atoms with van der Waals surface area (Å²) in [6.07, 6.45) is 5.34. The van der Waals surface area contributed by atoms with E-state index in [1.54, 1.807) is 49.7 Å². The van der Waals surface area contributed by atoms with Crippen molar-refractivity contribution in [1.29, 1.82) is 5.26 Å². The van der Waals surface area contributed by atoms with Crippen LogP contribution in [0.3, 0.4) is 0 Å². The van der Waals surface area contributed by atoms with Gasteiger partial charge in [-0.05, 0) is 42.7 Å². The number of fused-ring (bicyclic) bond motifs is 1. The van der Waals surface area contributed by atoms with Crippen molar-refractivity contribution >= 4 is 16.8 Å². The SMILES string of the molecule is COc1ncc(CN(C)C(=O)c2ccc(-c3cccc(C#N)c3)c(OC3CC3)n2)c2[nH]ncc12. The van der Waals surface area contributed by atoms with Crippen molar-refractivity contribution < 1.29 is 14.3 Å². The zero-order valence-electron chi connectivity index (χ0n) is 18.8. The first-order chi connectivity index (χ1) is 16.6. The van der Waals surface area contributed by atoms with E-state index >= 15 is 0 Å². The van der Waals surface area contributed by atoms with Crippen molar-refractivity contribution in [2.75, 3.05) is 14.2 Å². The van der Waals surface area contributed by atoms with E-state index in [0.29, 0.717) is 23.9 Å². The van der Waals surface area contributed by atoms with E-state index in [4.69, 9.17) is 9.47 Å². The van der Waals surface area contributed by atoms with Crippen molar-refractivity contribution in [3.63, 3.8) is 0 Å². The van der Waals surface area contributed by atoms with E-state index in [0.717, 1.165) is 40.4 Å². The van der Waals surface area contributed by atoms with E-state index < -0.39 is 0 Å². The zero-order chi connectivity index (χ0) is 23.7. The first kappa shape index (κ1) is 21.4. The molecule has 0 radical (unpaired) electrons. The Kier molecular flexibility index (Phi) is 5.55. The highest BCUT2D eigenvalue weighted by Crippen LogP contribution is 2.34. The van der Waals surface area contributed by atoms with Crippen LogP contribution in [0.1, 0.15) is 34.5 Å². The zero-order valence-corrected chi connectivity index (χ0v) is 18.8. The molecule has 4 aromatic rings. The Hall–Kier alpha value is -4.45. The monoisotopic (exact) mass is 454 g/mol. The third kappa shape index (κ3) is 4.13. The molecule has 9 heteroatoms. The number of H-pyrrole nitrogens is 1. The molecule has 9 nitrogen and oxygen atoms in total. The standard InChI is InChI=1S/C25H22N6O3/c1-31(14-17-12-27-23(33-2)20-13-28-30-22(17)20)25(32)21-9-8-19(24(29-21)34-18-6-7-18)16-5-3-4-15(10-16)11-26/h3-5,8-10,12-13,18H,6-7,14H2,1-2H3,(H,28,30). The smallest absolute Gasteiger partial charge is 0.272 e. The Labute approximate surface area is 196 Å². The number of hydrogen-bond donors (Lipinski definition) is 1. The number of pyridine rings is 2. The molecule has 1 amide bonds. The van der Waals surface area contributed by atoms with Crippen molar-refractivity contribution in [3.8, 4) is 29.0 Å². The van der Waals surface area contributed by atoms with Crippen LogP contribution >= 0.6 is 0 Å². The van der Waals surface area contributed by atoms with Gasteiger partial charge in [0.25, 0.3) is 5.91 Å². The maximum Gasteiger partial charge on any atom is 0.272 e. The van der Waals surface area contributed by atoms with Crippen molar-refractivity contribution in [1.82, 2.24) is 25.1 Å². The van der Waals surface area contributed by atoms with E-state index in [2.05, 4.69) is 26.2 Å². The van der Waals surface area contributed by atoms with Gasteiger partial charge in [0.05, 0.1) is 35.8 Å². The number of hydrogen-bond acceptors (Lipinski definition) is 7. The van der Waals surface area contributed by atoms with Gasteiger partial charge in [0.15, 0.2) is 0 Å². The van der Waals surface area contributed by atoms with Crippen LogP contribution in [-0.2, 0) is 6.54 Å². The molecule has 1 aromatic carbocycles. The Morgan fingerprint density at radius 2 is 2.09 bits per heavy atom. The molecule has 0 unspecified atom stereocenters. The molecule has 1 aliphatic rings. The number of rotatable bonds is 7. The molecule has 170 valence electrons. The van der Waals surface area contributed by atoms with E-state index in [9.17, 15) is 10.1 Å². The number of carbonyl (C=O) groups excluding carboxylic acids is 1. The van der Waals surface area contributed by atoms with Crippen LogP contribution < -0.4 is 9.47 Å². The Balaban J connectivity index is 1.43. The fourth-order valence-corrected chi connectivity index (χ4v) is 3.74. The van der Waals surface area contributed by atoms with Crippen molar-refractivity contribution in [2.45, 2.75) is 25.5 Å². The molecular weight excluding hydrogens is 432 g/mol. The molecule has 0 spiro atoms. The number of methoxy groups -OCH3 is 1. The molecule has 34 heavy (non-hydrogen) atoms. The largest absolute Gasteiger partial charge is 0.480 e. The highest BCUT2D eigenvalue weighted by Gasteiger charge is 2.27. The van der Waals surface area contributed by atoms with Crippen molar-refractivity contribution in [2.24, 2.45) is 0 Å². The number of ether oxygens (including phenoxy) is 2. The van der Waals surface area contributed by atoms with Crippen LogP contribution in [0.25, 0.3) is 22.0 Å². The number of nitrogens with one attached hydrogen (secondary N) is 1. The number of aromatic amines is 1. The third-order valence-electron chi connectivity index (χ3n) is 5.66. The van der Waals surface area contributed by atoms with Crippen LogP contribution in [0.2, 0.25) is 0 Å². The molecule has 3 aromatic heterocycles. The quantitative estimate of drug-likeness (QED) is 0.452. The molecule has 0 aliphatic heterocycles. The Morgan fingerprint density at radius 1 is 1.24 bits per heavy atom. The molecule has 0 saturated heterocycles. The summed E-state index contributed by atoms with van der Waals surface area (Å²) in [4.78, 5) is 23.7. The van der Waals surface area contributed by atoms with Crippen LogP contribution in [0.4, 0.5) is 0 Å². The minimum absolute atomic E-state index is 0.104. The lowest BCUT2D eigenvalue weighted by Gasteiger charge is -2.18. The van der Waals surface area contributed by atoms with Gasteiger partial charge in [0.1, 0.15) is 11.8 Å². The molecule has 0 bridgehead atoms. The number of carbonyl (C=O) groups is 1. The maximum absolute atomic E-state index is 13.2. The van der Waals surface area contributed by atoms with Crippen LogP contribution in [-0.4, -0.2) is 51.2 Å². The van der Waals surface area contributed by atoms with Crippen LogP contribution in [0.15, 0.2) is 48.8 Å². The second-order valence-electron chi connectivity index (χ2n) is 8.17. The van der Waals surface area contributed by atoms with E-state index in [-0.39, 0.29) is 17.7 Å². The molecule has 5 rings (SSSR count). The second-order valence-corrected chi connectivity index (χ2v) is 8.17. The van der Waals surface area contributed by atoms with Gasteiger partial charge in [-0.2, -0.15) is 10.4 Å². The average molecular weight is 454 g/mol. The van der Waals surface area contributed by atoms with Gasteiger partial charge in [0.2, 0.25) is 11.8 Å². The highest BCUT2D eigenvalue weighted by atomic mass is 16.5. The topological polar surface area (TPSA) is 117 Å². The minimum atomic E-state index is -0.249. The summed E-state index contributed by atoms with van der Waals surface area (Å²) in [7, 11) is 3.26. The Morgan fingerprint density at radius 3 is 2.85 bits per heavy atom. The number of nitrogens with zero attached hydrogens (tertiary/aromatic N) is 5. The van der Waals surface area contributed by atoms with Gasteiger partial charge in [-0.1, -0.05) is 12.1 Å². The first-order valence-electron chi connectivity index (χ1n) is 10.9. The fraction of sp³-hybridized carbons (Fsp3) is 0.240. The molecule has 1 fully saturated rings. The van der Waals surface area contributed by atoms with Crippen LogP contribution in [0.5, 0.6) is 11.8 Å². The summed E-state index contributed by atoms with van der Waals surface area (Å²) in [6, 6.07) is 12.9. The second kappa shape index (κ2) is 8.83. The normalized spacial score (nSPS) is 12.9. The van der Waals surface area contributed by atoms with Crippen LogP contribution in [0, 0.1) is 11.3 Å². The van der Waals surface area contributed by atoms with E-state index in [1.807, 2.05) is 18.2 Å². The fourth-order valence-electron chi connectivity index (χ4n) is 3.74. The van der Waals surface area contributed by atoms with Crippen molar-refractivity contribution in [3.05, 3.63) is 65.6 Å². The average Bonchev–Trinajstić information content (AvgIpc) is 3.54. The lowest BCUT2D eigenvalue weighted by atomic mass is 10.0. The highest BCUT2D eigenvalue weighted by molar-refractivity contribution is 5.93. The number of benzene rings is 1. The summed E-state index contributed by atoms with van der Waals surface area (Å²) in [6.45, 7) is 0.307. The minimum Gasteiger partial charge on any atom is -0.480 e. The predicted octanol–water partition coefficient (Wildman–Crippen LogP) is 3.71. The molecule has 1 aliphatic carbocycles. The van der Waals surface area contributed by atoms with Gasteiger partial charge >= 0.3 is 0 Å². The van der Waals surface area contributed by atoms with Gasteiger partial charge in [0, 0.05) is 30.9 Å². The maximum atomic E-state index is 13.2. The third-order valence-corrected chi connectivity index (χ3v) is 5.66. The summed E-state index contributed by atoms with van der Waals surface area (Å²) in [5.74, 6) is 0.626. The molecule has 1 saturated carbocycles. The van der Waals surface area contributed by atoms with Gasteiger partial charge in [-0.15, -0.1) is 0 Å². The molecule has 3 heterocycles. The lowest BCUT2D eigenvalue weighted by Crippen LogP contribution is -2.27. The number of aromatic nitrogens is 4. The lowest BCUT2D eigenvalue weighted by molar-refractivity contribution is 0.0778. The predicted molar refractivity (Wildman–Crippen MR) is 124 cm³/mol. The van der Waals surface area contributed by atoms with Gasteiger partial charge in [-0.25, -0.2) is 9.97 Å². The number of nitriles is 1. The number of amides is 1.